The summed E-state index contributed by atoms with van der Waals surface area (Å²) >= 11 is 0. The summed E-state index contributed by atoms with van der Waals surface area (Å²) in [6.07, 6.45) is -1.79. The number of hydrogen-bond donors (Lipinski definition) is 0. The molecule has 1 aromatic rings. The van der Waals surface area contributed by atoms with E-state index in [1.807, 2.05) is 0 Å². The molecule has 3 atom stereocenters. The van der Waals surface area contributed by atoms with Gasteiger partial charge >= 0.3 is 6.18 Å². The number of halogens is 3. The number of likely N-dealkylation sites (tertiary alicyclic amines) is 1. The summed E-state index contributed by atoms with van der Waals surface area (Å²) in [5.41, 5.74) is -0.0380. The Bertz CT molecular complexity index is 587. The molecule has 1 heterocycles. The monoisotopic (exact) mass is 327 g/mol. The van der Waals surface area contributed by atoms with Crippen molar-refractivity contribution >= 4 is 5.91 Å². The van der Waals surface area contributed by atoms with Gasteiger partial charge in [-0.15, -0.1) is 0 Å². The maximum absolute atomic E-state index is 12.8. The highest BCUT2D eigenvalue weighted by molar-refractivity contribution is 5.83. The number of rotatable bonds is 3. The SMILES string of the molecule is COC1CCCN(C(=O)C2CC2c2cccc(C(F)(F)F)c2)C1. The lowest BCUT2D eigenvalue weighted by atomic mass is 10.0. The van der Waals surface area contributed by atoms with Crippen LogP contribution in [0.2, 0.25) is 0 Å². The van der Waals surface area contributed by atoms with Crippen molar-refractivity contribution in [1.29, 1.82) is 0 Å². The fourth-order valence-corrected chi connectivity index (χ4v) is 3.35. The van der Waals surface area contributed by atoms with Gasteiger partial charge in [-0.25, -0.2) is 0 Å². The Morgan fingerprint density at radius 2 is 2.13 bits per heavy atom. The molecule has 3 nitrogen and oxygen atoms in total. The second kappa shape index (κ2) is 6.15. The van der Waals surface area contributed by atoms with Crippen LogP contribution in [-0.2, 0) is 15.7 Å². The van der Waals surface area contributed by atoms with Crippen LogP contribution in [0.25, 0.3) is 0 Å². The Morgan fingerprint density at radius 3 is 2.83 bits per heavy atom. The molecule has 1 saturated carbocycles. The van der Waals surface area contributed by atoms with E-state index in [0.29, 0.717) is 25.1 Å². The smallest absolute Gasteiger partial charge is 0.380 e. The molecule has 6 heteroatoms. The molecule has 23 heavy (non-hydrogen) atoms. The normalized spacial score (nSPS) is 27.8. The third-order valence-corrected chi connectivity index (χ3v) is 4.77. The molecule has 1 aliphatic heterocycles. The first-order valence-corrected chi connectivity index (χ1v) is 7.89. The second-order valence-electron chi connectivity index (χ2n) is 6.36. The van der Waals surface area contributed by atoms with Gasteiger partial charge < -0.3 is 9.64 Å². The highest BCUT2D eigenvalue weighted by atomic mass is 19.4. The predicted octanol–water partition coefficient (Wildman–Crippen LogP) is 3.45. The molecule has 0 bridgehead atoms. The van der Waals surface area contributed by atoms with Gasteiger partial charge in [0, 0.05) is 26.1 Å². The molecule has 126 valence electrons. The molecule has 0 N–H and O–H groups in total. The topological polar surface area (TPSA) is 29.5 Å². The van der Waals surface area contributed by atoms with Gasteiger partial charge in [-0.1, -0.05) is 18.2 Å². The van der Waals surface area contributed by atoms with Crippen molar-refractivity contribution < 1.29 is 22.7 Å². The van der Waals surface area contributed by atoms with E-state index in [1.54, 1.807) is 18.1 Å². The number of amides is 1. The predicted molar refractivity (Wildman–Crippen MR) is 78.9 cm³/mol. The highest BCUT2D eigenvalue weighted by Crippen LogP contribution is 2.49. The summed E-state index contributed by atoms with van der Waals surface area (Å²) in [4.78, 5) is 14.3. The molecule has 2 aliphatic rings. The summed E-state index contributed by atoms with van der Waals surface area (Å²) in [5, 5.41) is 0. The largest absolute Gasteiger partial charge is 0.416 e. The molecule has 2 fully saturated rings. The van der Waals surface area contributed by atoms with Crippen molar-refractivity contribution in [1.82, 2.24) is 4.90 Å². The van der Waals surface area contributed by atoms with Crippen LogP contribution in [0.1, 0.15) is 36.3 Å². The van der Waals surface area contributed by atoms with Crippen molar-refractivity contribution in [2.75, 3.05) is 20.2 Å². The zero-order valence-electron chi connectivity index (χ0n) is 13.0. The third-order valence-electron chi connectivity index (χ3n) is 4.77. The first-order chi connectivity index (χ1) is 10.9. The zero-order chi connectivity index (χ0) is 16.6. The first kappa shape index (κ1) is 16.3. The van der Waals surface area contributed by atoms with Crippen molar-refractivity contribution in [3.05, 3.63) is 35.4 Å². The highest BCUT2D eigenvalue weighted by Gasteiger charge is 2.46. The van der Waals surface area contributed by atoms with Gasteiger partial charge in [0.1, 0.15) is 0 Å². The minimum Gasteiger partial charge on any atom is -0.380 e. The lowest BCUT2D eigenvalue weighted by molar-refractivity contribution is -0.137. The molecule has 0 radical (unpaired) electrons. The van der Waals surface area contributed by atoms with Gasteiger partial charge in [0.2, 0.25) is 5.91 Å². The van der Waals surface area contributed by atoms with E-state index >= 15 is 0 Å². The fourth-order valence-electron chi connectivity index (χ4n) is 3.35. The average molecular weight is 327 g/mol. The molecule has 1 aliphatic carbocycles. The van der Waals surface area contributed by atoms with Crippen LogP contribution in [0, 0.1) is 5.92 Å². The van der Waals surface area contributed by atoms with Crippen molar-refractivity contribution in [3.63, 3.8) is 0 Å². The number of benzene rings is 1. The number of carbonyl (C=O) groups is 1. The molecule has 0 aromatic heterocycles. The first-order valence-electron chi connectivity index (χ1n) is 7.89. The fraction of sp³-hybridized carbons (Fsp3) is 0.588. The van der Waals surface area contributed by atoms with E-state index in [2.05, 4.69) is 0 Å². The molecule has 1 aromatic carbocycles. The maximum atomic E-state index is 12.8. The summed E-state index contributed by atoms with van der Waals surface area (Å²) in [5.74, 6) is -0.226. The standard InChI is InChI=1S/C17H20F3NO2/c1-23-13-6-3-7-21(10-13)16(22)15-9-14(15)11-4-2-5-12(8-11)17(18,19)20/h2,4-5,8,13-15H,3,6-7,9-10H2,1H3. The van der Waals surface area contributed by atoms with E-state index in [0.717, 1.165) is 18.9 Å². The van der Waals surface area contributed by atoms with E-state index in [9.17, 15) is 18.0 Å². The average Bonchev–Trinajstić information content (AvgIpc) is 3.34. The Balaban J connectivity index is 1.66. The van der Waals surface area contributed by atoms with Gasteiger partial charge in [0.05, 0.1) is 11.7 Å². The van der Waals surface area contributed by atoms with E-state index in [4.69, 9.17) is 4.74 Å². The van der Waals surface area contributed by atoms with Crippen LogP contribution in [0.3, 0.4) is 0 Å². The van der Waals surface area contributed by atoms with Crippen molar-refractivity contribution in [2.45, 2.75) is 37.5 Å². The molecule has 1 saturated heterocycles. The maximum Gasteiger partial charge on any atom is 0.416 e. The molecule has 0 spiro atoms. The number of ether oxygens (including phenoxy) is 1. The van der Waals surface area contributed by atoms with Gasteiger partial charge in [-0.2, -0.15) is 13.2 Å². The number of hydrogen-bond acceptors (Lipinski definition) is 2. The minimum absolute atomic E-state index is 0.0501. The summed E-state index contributed by atoms with van der Waals surface area (Å²) in [7, 11) is 1.64. The van der Waals surface area contributed by atoms with Crippen LogP contribution in [0.5, 0.6) is 0 Å². The van der Waals surface area contributed by atoms with E-state index in [-0.39, 0.29) is 23.8 Å². The van der Waals surface area contributed by atoms with Crippen LogP contribution in [0.15, 0.2) is 24.3 Å². The quantitative estimate of drug-likeness (QED) is 0.851. The van der Waals surface area contributed by atoms with Crippen LogP contribution < -0.4 is 0 Å². The van der Waals surface area contributed by atoms with Crippen molar-refractivity contribution in [3.8, 4) is 0 Å². The third kappa shape index (κ3) is 3.52. The van der Waals surface area contributed by atoms with Crippen LogP contribution in [0.4, 0.5) is 13.2 Å². The number of carbonyl (C=O) groups excluding carboxylic acids is 1. The van der Waals surface area contributed by atoms with Crippen molar-refractivity contribution in [2.24, 2.45) is 5.92 Å². The Kier molecular flexibility index (Phi) is 4.36. The molecular formula is C17H20F3NO2. The molecule has 3 unspecified atom stereocenters. The number of methoxy groups -OCH3 is 1. The summed E-state index contributed by atoms with van der Waals surface area (Å²) in [6.45, 7) is 1.30. The number of nitrogens with zero attached hydrogens (tertiary/aromatic N) is 1. The van der Waals surface area contributed by atoms with E-state index in [1.165, 1.54) is 12.1 Å². The molecule has 3 rings (SSSR count). The number of alkyl halides is 3. The van der Waals surface area contributed by atoms with Gasteiger partial charge in [0.15, 0.2) is 0 Å². The lowest BCUT2D eigenvalue weighted by Crippen LogP contribution is -2.43. The van der Waals surface area contributed by atoms with Gasteiger partial charge in [0.25, 0.3) is 0 Å². The van der Waals surface area contributed by atoms with Gasteiger partial charge in [-0.3, -0.25) is 4.79 Å². The Labute approximate surface area is 133 Å². The number of piperidine rings is 1. The zero-order valence-corrected chi connectivity index (χ0v) is 13.0. The molecule has 1 amide bonds. The molecular weight excluding hydrogens is 307 g/mol. The Hall–Kier alpha value is -1.56. The van der Waals surface area contributed by atoms with Crippen LogP contribution in [-0.4, -0.2) is 37.1 Å². The van der Waals surface area contributed by atoms with E-state index < -0.39 is 11.7 Å². The minimum atomic E-state index is -4.34. The lowest BCUT2D eigenvalue weighted by Gasteiger charge is -2.32. The van der Waals surface area contributed by atoms with Gasteiger partial charge in [-0.05, 0) is 36.8 Å². The summed E-state index contributed by atoms with van der Waals surface area (Å²) in [6, 6.07) is 5.34. The Morgan fingerprint density at radius 1 is 1.35 bits per heavy atom. The second-order valence-corrected chi connectivity index (χ2v) is 6.36. The van der Waals surface area contributed by atoms with Crippen LogP contribution >= 0.6 is 0 Å². The summed E-state index contributed by atoms with van der Waals surface area (Å²) < 4.78 is 43.7.